The van der Waals surface area contributed by atoms with Gasteiger partial charge >= 0.3 is 5.97 Å². The fraction of sp³-hybridized carbons (Fsp3) is 0.417. The van der Waals surface area contributed by atoms with E-state index in [-0.39, 0.29) is 25.5 Å². The van der Waals surface area contributed by atoms with Gasteiger partial charge in [0.1, 0.15) is 24.2 Å². The van der Waals surface area contributed by atoms with E-state index in [0.29, 0.717) is 35.1 Å². The largest absolute Gasteiger partial charge is 0.497 e. The van der Waals surface area contributed by atoms with Crippen LogP contribution < -0.4 is 18.9 Å². The minimum Gasteiger partial charge on any atom is -0.497 e. The number of methoxy groups -OCH3 is 4. The summed E-state index contributed by atoms with van der Waals surface area (Å²) in [6.07, 6.45) is -0.917. The van der Waals surface area contributed by atoms with Gasteiger partial charge in [0, 0.05) is 24.7 Å². The minimum absolute atomic E-state index is 0.0241. The van der Waals surface area contributed by atoms with Crippen molar-refractivity contribution >= 4 is 11.8 Å². The molecule has 0 spiro atoms. The number of hydrogen-bond acceptors (Lipinski definition) is 9. The number of carbonyl (C=O) groups excluding carboxylic acids is 2. The third kappa shape index (κ3) is 7.96. The van der Waals surface area contributed by atoms with Crippen molar-refractivity contribution in [2.24, 2.45) is 0 Å². The first-order valence-corrected chi connectivity index (χ1v) is 10.3. The van der Waals surface area contributed by atoms with Crippen LogP contribution in [-0.4, -0.2) is 76.0 Å². The topological polar surface area (TPSA) is 104 Å². The number of esters is 1. The summed E-state index contributed by atoms with van der Waals surface area (Å²) in [5.41, 5.74) is 1.34. The molecule has 9 heteroatoms. The van der Waals surface area contributed by atoms with Crippen molar-refractivity contribution in [1.29, 1.82) is 0 Å². The van der Waals surface area contributed by atoms with Crippen LogP contribution in [0.2, 0.25) is 0 Å². The van der Waals surface area contributed by atoms with Gasteiger partial charge in [-0.05, 0) is 42.8 Å². The van der Waals surface area contributed by atoms with Crippen LogP contribution in [0.15, 0.2) is 36.4 Å². The summed E-state index contributed by atoms with van der Waals surface area (Å²) in [6.45, 7) is 1.88. The van der Waals surface area contributed by atoms with Crippen molar-refractivity contribution in [1.82, 2.24) is 4.90 Å². The Balaban J connectivity index is 2.09. The second-order valence-electron chi connectivity index (χ2n) is 7.35. The van der Waals surface area contributed by atoms with Crippen molar-refractivity contribution in [3.63, 3.8) is 0 Å². The fourth-order valence-electron chi connectivity index (χ4n) is 3.19. The lowest BCUT2D eigenvalue weighted by molar-refractivity contribution is -0.142. The first kappa shape index (κ1) is 26.0. The van der Waals surface area contributed by atoms with Crippen LogP contribution in [-0.2, 0) is 16.1 Å². The zero-order valence-corrected chi connectivity index (χ0v) is 19.6. The molecule has 1 N–H and O–H groups in total. The molecule has 0 radical (unpaired) electrons. The average molecular weight is 462 g/mol. The monoisotopic (exact) mass is 461 g/mol. The Hall–Kier alpha value is -3.30. The first-order chi connectivity index (χ1) is 15.8. The van der Waals surface area contributed by atoms with Crippen LogP contribution >= 0.6 is 0 Å². The van der Waals surface area contributed by atoms with Crippen molar-refractivity contribution < 1.29 is 38.4 Å². The molecule has 0 bridgehead atoms. The van der Waals surface area contributed by atoms with E-state index >= 15 is 0 Å². The van der Waals surface area contributed by atoms with Crippen LogP contribution in [0.4, 0.5) is 0 Å². The van der Waals surface area contributed by atoms with Crippen LogP contribution in [0.1, 0.15) is 22.8 Å². The summed E-state index contributed by atoms with van der Waals surface area (Å²) in [6, 6.07) is 10.3. The van der Waals surface area contributed by atoms with Gasteiger partial charge in [0.25, 0.3) is 0 Å². The van der Waals surface area contributed by atoms with E-state index < -0.39 is 12.1 Å². The molecule has 2 aromatic rings. The molecule has 33 heavy (non-hydrogen) atoms. The summed E-state index contributed by atoms with van der Waals surface area (Å²) >= 11 is 0. The summed E-state index contributed by atoms with van der Waals surface area (Å²) < 4.78 is 26.4. The Kier molecular flexibility index (Phi) is 9.96. The van der Waals surface area contributed by atoms with E-state index in [0.717, 1.165) is 5.56 Å². The van der Waals surface area contributed by atoms with E-state index in [1.54, 1.807) is 43.4 Å². The molecule has 0 fully saturated rings. The third-order valence-electron chi connectivity index (χ3n) is 4.87. The number of rotatable bonds is 13. The maximum Gasteiger partial charge on any atom is 0.319 e. The van der Waals surface area contributed by atoms with Gasteiger partial charge in [-0.2, -0.15) is 0 Å². The summed E-state index contributed by atoms with van der Waals surface area (Å²) in [7, 11) is 5.90. The van der Waals surface area contributed by atoms with Gasteiger partial charge in [0.2, 0.25) is 0 Å². The third-order valence-corrected chi connectivity index (χ3v) is 4.87. The maximum atomic E-state index is 11.9. The number of ketones is 1. The lowest BCUT2D eigenvalue weighted by atomic mass is 10.1. The molecule has 0 saturated heterocycles. The Bertz CT molecular complexity index is 924. The molecular weight excluding hydrogens is 430 g/mol. The molecule has 0 aromatic heterocycles. The molecule has 1 unspecified atom stereocenters. The van der Waals surface area contributed by atoms with E-state index in [9.17, 15) is 14.7 Å². The second-order valence-corrected chi connectivity index (χ2v) is 7.35. The Morgan fingerprint density at radius 3 is 2.15 bits per heavy atom. The van der Waals surface area contributed by atoms with Gasteiger partial charge < -0.3 is 28.8 Å². The molecule has 0 saturated carbocycles. The number of nitrogens with zero attached hydrogens (tertiary/aromatic N) is 1. The molecule has 0 aliphatic heterocycles. The Labute approximate surface area is 193 Å². The maximum absolute atomic E-state index is 11.9. The van der Waals surface area contributed by atoms with Crippen molar-refractivity contribution in [3.05, 3.63) is 47.5 Å². The highest BCUT2D eigenvalue weighted by molar-refractivity contribution is 5.94. The molecule has 9 nitrogen and oxygen atoms in total. The molecule has 2 aromatic carbocycles. The van der Waals surface area contributed by atoms with Gasteiger partial charge in [-0.15, -0.1) is 0 Å². The number of ether oxygens (including phenoxy) is 5. The summed E-state index contributed by atoms with van der Waals surface area (Å²) in [4.78, 5) is 25.2. The average Bonchev–Trinajstić information content (AvgIpc) is 2.81. The van der Waals surface area contributed by atoms with Gasteiger partial charge in [0.15, 0.2) is 17.3 Å². The lowest BCUT2D eigenvalue weighted by Gasteiger charge is -2.24. The second kappa shape index (κ2) is 12.7. The SMILES string of the molecule is COC(=O)CN(Cc1cc(OC)cc(OC)c1)CC(O)COc1ccc(C(C)=O)cc1OC. The highest BCUT2D eigenvalue weighted by Crippen LogP contribution is 2.28. The van der Waals surface area contributed by atoms with Gasteiger partial charge in [-0.3, -0.25) is 14.5 Å². The molecule has 2 rings (SSSR count). The molecular formula is C24H31NO8. The number of aliphatic hydroxyl groups excluding tert-OH is 1. The predicted octanol–water partition coefficient (Wildman–Crippen LogP) is 2.33. The van der Waals surface area contributed by atoms with Gasteiger partial charge in [-0.1, -0.05) is 0 Å². The van der Waals surface area contributed by atoms with Crippen molar-refractivity contribution in [2.45, 2.75) is 19.6 Å². The van der Waals surface area contributed by atoms with Gasteiger partial charge in [-0.25, -0.2) is 0 Å². The molecule has 0 aliphatic rings. The van der Waals surface area contributed by atoms with E-state index in [4.69, 9.17) is 23.7 Å². The normalized spacial score (nSPS) is 11.6. The molecule has 180 valence electrons. The van der Waals surface area contributed by atoms with E-state index in [1.165, 1.54) is 21.1 Å². The van der Waals surface area contributed by atoms with Crippen LogP contribution in [0.25, 0.3) is 0 Å². The number of carbonyl (C=O) groups is 2. The number of aliphatic hydroxyl groups is 1. The number of Topliss-reactive ketones (excluding diaryl/α,β-unsaturated/α-hetero) is 1. The molecule has 0 heterocycles. The van der Waals surface area contributed by atoms with E-state index in [2.05, 4.69) is 0 Å². The molecule has 0 amide bonds. The quantitative estimate of drug-likeness (QED) is 0.355. The lowest BCUT2D eigenvalue weighted by Crippen LogP contribution is -2.38. The van der Waals surface area contributed by atoms with Crippen LogP contribution in [0, 0.1) is 0 Å². The molecule has 0 aliphatic carbocycles. The smallest absolute Gasteiger partial charge is 0.319 e. The van der Waals surface area contributed by atoms with Crippen LogP contribution in [0.3, 0.4) is 0 Å². The zero-order chi connectivity index (χ0) is 24.4. The number of benzene rings is 2. The highest BCUT2D eigenvalue weighted by Gasteiger charge is 2.18. The van der Waals surface area contributed by atoms with Crippen LogP contribution in [0.5, 0.6) is 23.0 Å². The Morgan fingerprint density at radius 2 is 1.61 bits per heavy atom. The standard InChI is InChI=1S/C24H31NO8/c1-16(26)18-6-7-22(23(10-18)31-4)33-15-19(27)13-25(14-24(28)32-5)12-17-8-20(29-2)11-21(9-17)30-3/h6-11,19,27H,12-15H2,1-5H3. The zero-order valence-electron chi connectivity index (χ0n) is 19.6. The van der Waals surface area contributed by atoms with Crippen molar-refractivity contribution in [2.75, 3.05) is 48.1 Å². The Morgan fingerprint density at radius 1 is 0.939 bits per heavy atom. The predicted molar refractivity (Wildman–Crippen MR) is 121 cm³/mol. The van der Waals surface area contributed by atoms with Crippen molar-refractivity contribution in [3.8, 4) is 23.0 Å². The van der Waals surface area contributed by atoms with E-state index in [1.807, 2.05) is 12.1 Å². The molecule has 1 atom stereocenters. The van der Waals surface area contributed by atoms with Gasteiger partial charge in [0.05, 0.1) is 35.0 Å². The minimum atomic E-state index is -0.917. The number of hydrogen-bond donors (Lipinski definition) is 1. The summed E-state index contributed by atoms with van der Waals surface area (Å²) in [5, 5.41) is 10.6. The first-order valence-electron chi connectivity index (χ1n) is 10.3. The summed E-state index contributed by atoms with van der Waals surface area (Å²) in [5.74, 6) is 1.51. The fourth-order valence-corrected chi connectivity index (χ4v) is 3.19. The highest BCUT2D eigenvalue weighted by atomic mass is 16.5.